The summed E-state index contributed by atoms with van der Waals surface area (Å²) in [4.78, 5) is 2.12. The van der Waals surface area contributed by atoms with Crippen molar-refractivity contribution < 1.29 is 13.9 Å². The van der Waals surface area contributed by atoms with Gasteiger partial charge in [-0.2, -0.15) is 0 Å². The zero-order valence-corrected chi connectivity index (χ0v) is 13.5. The van der Waals surface area contributed by atoms with Gasteiger partial charge in [-0.1, -0.05) is 33.8 Å². The fourth-order valence-electron chi connectivity index (χ4n) is 2.97. The molecule has 0 saturated carbocycles. The van der Waals surface area contributed by atoms with E-state index < -0.39 is 11.6 Å². The van der Waals surface area contributed by atoms with Crippen molar-refractivity contribution in [1.29, 1.82) is 0 Å². The van der Waals surface area contributed by atoms with Crippen molar-refractivity contribution in [1.82, 2.24) is 4.90 Å². The second-order valence-corrected chi connectivity index (χ2v) is 4.86. The average molecular weight is 297 g/mol. The first kappa shape index (κ1) is 17.6. The van der Waals surface area contributed by atoms with Gasteiger partial charge in [-0.25, -0.2) is 8.78 Å². The van der Waals surface area contributed by atoms with Gasteiger partial charge >= 0.3 is 0 Å². The predicted octanol–water partition coefficient (Wildman–Crippen LogP) is 4.44. The summed E-state index contributed by atoms with van der Waals surface area (Å²) < 4.78 is 27.5. The molecule has 21 heavy (non-hydrogen) atoms. The molecule has 0 radical (unpaired) electrons. The Labute approximate surface area is 126 Å². The average Bonchev–Trinajstić information content (AvgIpc) is 3.01. The lowest BCUT2D eigenvalue weighted by atomic mass is 9.99. The number of fused-ring (bicyclic) bond motifs is 2. The number of hydrogen-bond acceptors (Lipinski definition) is 2. The molecule has 1 aliphatic carbocycles. The molecule has 1 aliphatic heterocycles. The minimum absolute atomic E-state index is 0.0156. The van der Waals surface area contributed by atoms with Crippen LogP contribution >= 0.6 is 0 Å². The maximum atomic E-state index is 13.8. The van der Waals surface area contributed by atoms with E-state index in [0.29, 0.717) is 5.92 Å². The zero-order chi connectivity index (χ0) is 16.2. The number of benzene rings is 1. The molecule has 0 aromatic heterocycles. The molecular weight excluding hydrogens is 272 g/mol. The van der Waals surface area contributed by atoms with E-state index in [-0.39, 0.29) is 17.4 Å². The van der Waals surface area contributed by atoms with Gasteiger partial charge < -0.3 is 5.11 Å². The van der Waals surface area contributed by atoms with Crippen molar-refractivity contribution in [2.75, 3.05) is 13.6 Å². The molecule has 4 heteroatoms. The van der Waals surface area contributed by atoms with Gasteiger partial charge in [0.1, 0.15) is 17.4 Å². The number of phenolic OH excluding ortho intramolecular Hbond substituents is 1. The van der Waals surface area contributed by atoms with Crippen LogP contribution in [0, 0.1) is 17.6 Å². The monoisotopic (exact) mass is 297 g/mol. The van der Waals surface area contributed by atoms with Crippen LogP contribution in [0.1, 0.15) is 39.7 Å². The van der Waals surface area contributed by atoms with E-state index in [4.69, 9.17) is 5.11 Å². The molecule has 1 aromatic rings. The van der Waals surface area contributed by atoms with E-state index in [0.717, 1.165) is 30.7 Å². The maximum absolute atomic E-state index is 13.8. The van der Waals surface area contributed by atoms with Crippen molar-refractivity contribution >= 4 is 5.57 Å². The number of rotatable bonds is 1. The molecule has 3 rings (SSSR count). The maximum Gasteiger partial charge on any atom is 0.137 e. The van der Waals surface area contributed by atoms with Gasteiger partial charge in [-0.15, -0.1) is 0 Å². The van der Waals surface area contributed by atoms with Crippen LogP contribution in [0.2, 0.25) is 0 Å². The van der Waals surface area contributed by atoms with Gasteiger partial charge in [-0.05, 0) is 25.0 Å². The Hall–Kier alpha value is -1.42. The molecule has 0 spiro atoms. The summed E-state index contributed by atoms with van der Waals surface area (Å²) in [5.41, 5.74) is 0.737. The lowest BCUT2D eigenvalue weighted by Crippen LogP contribution is -2.28. The van der Waals surface area contributed by atoms with Crippen molar-refractivity contribution in [2.24, 2.45) is 5.92 Å². The molecule has 2 atom stereocenters. The summed E-state index contributed by atoms with van der Waals surface area (Å²) in [6.07, 6.45) is 2.90. The van der Waals surface area contributed by atoms with Crippen LogP contribution in [0.3, 0.4) is 0 Å². The normalized spacial score (nSPS) is 22.9. The van der Waals surface area contributed by atoms with Crippen LogP contribution in [-0.2, 0) is 0 Å². The van der Waals surface area contributed by atoms with E-state index in [9.17, 15) is 8.78 Å². The number of phenols is 1. The Morgan fingerprint density at radius 1 is 1.10 bits per heavy atom. The smallest absolute Gasteiger partial charge is 0.137 e. The lowest BCUT2D eigenvalue weighted by molar-refractivity contribution is 0.351. The molecule has 118 valence electrons. The molecule has 0 amide bonds. The van der Waals surface area contributed by atoms with E-state index in [1.54, 1.807) is 0 Å². The molecule has 1 aromatic carbocycles. The molecule has 2 nitrogen and oxygen atoms in total. The van der Waals surface area contributed by atoms with Gasteiger partial charge in [0.05, 0.1) is 5.56 Å². The van der Waals surface area contributed by atoms with Crippen molar-refractivity contribution in [3.8, 4) is 5.75 Å². The molecule has 2 aliphatic rings. The Morgan fingerprint density at radius 2 is 1.62 bits per heavy atom. The van der Waals surface area contributed by atoms with Crippen molar-refractivity contribution in [2.45, 2.75) is 40.2 Å². The predicted molar refractivity (Wildman–Crippen MR) is 83.2 cm³/mol. The third-order valence-corrected chi connectivity index (χ3v) is 3.67. The van der Waals surface area contributed by atoms with E-state index >= 15 is 0 Å². The Bertz CT molecular complexity index is 491. The summed E-state index contributed by atoms with van der Waals surface area (Å²) >= 11 is 0. The van der Waals surface area contributed by atoms with Crippen molar-refractivity contribution in [3.05, 3.63) is 35.4 Å². The number of hydrogen-bond donors (Lipinski definition) is 1. The Morgan fingerprint density at radius 3 is 2.05 bits per heavy atom. The first-order valence-corrected chi connectivity index (χ1v) is 7.66. The molecule has 1 saturated heterocycles. The van der Waals surface area contributed by atoms with Crippen LogP contribution in [0.5, 0.6) is 5.75 Å². The highest BCUT2D eigenvalue weighted by molar-refractivity contribution is 5.74. The summed E-state index contributed by atoms with van der Waals surface area (Å²) in [6, 6.07) is 2.03. The second-order valence-electron chi connectivity index (χ2n) is 4.86. The van der Waals surface area contributed by atoms with Crippen LogP contribution in [0.25, 0.3) is 5.57 Å². The summed E-state index contributed by atoms with van der Waals surface area (Å²) in [6.45, 7) is 8.95. The second kappa shape index (κ2) is 7.55. The summed E-state index contributed by atoms with van der Waals surface area (Å²) in [7, 11) is 1.97. The van der Waals surface area contributed by atoms with Crippen LogP contribution < -0.4 is 0 Å². The van der Waals surface area contributed by atoms with Gasteiger partial charge in [0.2, 0.25) is 0 Å². The van der Waals surface area contributed by atoms with Gasteiger partial charge in [0.25, 0.3) is 0 Å². The molecule has 1 fully saturated rings. The highest BCUT2D eigenvalue weighted by Crippen LogP contribution is 2.42. The summed E-state index contributed by atoms with van der Waals surface area (Å²) in [5.74, 6) is -1.35. The van der Waals surface area contributed by atoms with E-state index in [1.807, 2.05) is 40.8 Å². The fourth-order valence-corrected chi connectivity index (χ4v) is 2.97. The number of likely N-dealkylation sites (N-methyl/N-ethyl adjacent to an activating group) is 1. The zero-order valence-electron chi connectivity index (χ0n) is 13.5. The first-order valence-electron chi connectivity index (χ1n) is 7.66. The standard InChI is InChI=1S/C13H13F2NO.2C2H6/c1-16-6-7-2-9(12(16)3-7)13-10(14)4-8(17)5-11(13)15;2*1-2/h2,4-5,7,12,17H,3,6H2,1H3;2*1-2H3. The Kier molecular flexibility index (Phi) is 6.34. The van der Waals surface area contributed by atoms with Crippen LogP contribution in [0.15, 0.2) is 18.2 Å². The lowest BCUT2D eigenvalue weighted by Gasteiger charge is -2.24. The van der Waals surface area contributed by atoms with Crippen LogP contribution in [0.4, 0.5) is 8.78 Å². The van der Waals surface area contributed by atoms with E-state index in [1.165, 1.54) is 0 Å². The SMILES string of the molecule is CC.CC.CN1CC2C=C(c3c(F)cc(O)cc3F)C1C2. The first-order chi connectivity index (χ1) is 10.1. The number of halogens is 2. The number of likely N-dealkylation sites (tertiary alicyclic amines) is 1. The fraction of sp³-hybridized carbons (Fsp3) is 0.529. The third-order valence-electron chi connectivity index (χ3n) is 3.67. The largest absolute Gasteiger partial charge is 0.508 e. The summed E-state index contributed by atoms with van der Waals surface area (Å²) in [5, 5.41) is 9.14. The molecular formula is C17H25F2NO. The number of aromatic hydroxyl groups is 1. The third kappa shape index (κ3) is 3.43. The van der Waals surface area contributed by atoms with Crippen LogP contribution in [-0.4, -0.2) is 29.6 Å². The highest BCUT2D eigenvalue weighted by atomic mass is 19.1. The quantitative estimate of drug-likeness (QED) is 0.828. The van der Waals surface area contributed by atoms with E-state index in [2.05, 4.69) is 4.90 Å². The number of nitrogens with zero attached hydrogens (tertiary/aromatic N) is 1. The minimum Gasteiger partial charge on any atom is -0.508 e. The van der Waals surface area contributed by atoms with Crippen molar-refractivity contribution in [3.63, 3.8) is 0 Å². The topological polar surface area (TPSA) is 23.5 Å². The molecule has 2 unspecified atom stereocenters. The minimum atomic E-state index is -0.685. The Balaban J connectivity index is 0.000000510. The van der Waals surface area contributed by atoms with Gasteiger partial charge in [0, 0.05) is 24.7 Å². The molecule has 1 heterocycles. The molecule has 2 bridgehead atoms. The highest BCUT2D eigenvalue weighted by Gasteiger charge is 2.39. The van der Waals surface area contributed by atoms with Gasteiger partial charge in [0.15, 0.2) is 0 Å². The van der Waals surface area contributed by atoms with Gasteiger partial charge in [-0.3, -0.25) is 4.90 Å². The molecule has 1 N–H and O–H groups in total.